The van der Waals surface area contributed by atoms with E-state index in [-0.39, 0.29) is 18.2 Å². The van der Waals surface area contributed by atoms with Gasteiger partial charge in [-0.15, -0.1) is 11.8 Å². The normalized spacial score (nSPS) is 19.0. The number of hydrogen-bond donors (Lipinski definition) is 1. The Balaban J connectivity index is 1.51. The van der Waals surface area contributed by atoms with Gasteiger partial charge in [0.1, 0.15) is 18.1 Å². The zero-order valence-corrected chi connectivity index (χ0v) is 19.0. The Labute approximate surface area is 199 Å². The number of carbonyl (C=O) groups excluding carboxylic acids is 3. The van der Waals surface area contributed by atoms with E-state index in [4.69, 9.17) is 4.74 Å². The molecule has 0 saturated carbocycles. The number of nitrogens with one attached hydrogen (secondary N) is 1. The smallest absolute Gasteiger partial charge is 0.269 e. The quantitative estimate of drug-likeness (QED) is 0.606. The molecule has 3 aromatic rings. The van der Waals surface area contributed by atoms with Crippen LogP contribution in [0.2, 0.25) is 0 Å². The summed E-state index contributed by atoms with van der Waals surface area (Å²) in [5.74, 6) is -0.931. The molecular weight excluding hydrogens is 457 g/mol. The van der Waals surface area contributed by atoms with Gasteiger partial charge in [-0.2, -0.15) is 0 Å². The molecule has 0 unspecified atom stereocenters. The lowest BCUT2D eigenvalue weighted by Gasteiger charge is -2.33. The van der Waals surface area contributed by atoms with E-state index in [0.717, 1.165) is 0 Å². The fourth-order valence-corrected chi connectivity index (χ4v) is 5.74. The third-order valence-electron chi connectivity index (χ3n) is 5.83. The Kier molecular flexibility index (Phi) is 5.49. The highest BCUT2D eigenvalue weighted by atomic mass is 32.2. The molecule has 1 spiro atoms. The fourth-order valence-electron chi connectivity index (χ4n) is 4.38. The van der Waals surface area contributed by atoms with Crippen LogP contribution in [0.1, 0.15) is 5.56 Å². The lowest BCUT2D eigenvalue weighted by molar-refractivity contribution is -0.124. The number of nitrogens with zero attached hydrogens (tertiary/aromatic N) is 2. The molecule has 0 aromatic heterocycles. The second kappa shape index (κ2) is 8.49. The van der Waals surface area contributed by atoms with Gasteiger partial charge in [-0.1, -0.05) is 30.3 Å². The van der Waals surface area contributed by atoms with Gasteiger partial charge in [-0.3, -0.25) is 24.2 Å². The molecule has 172 valence electrons. The SMILES string of the molecule is COc1ccccc1NC(=O)CN1C(=O)[C@@]2(SCC(=O)N2c2ccc(F)cc2)c2ccccc21. The molecule has 34 heavy (non-hydrogen) atoms. The maximum absolute atomic E-state index is 13.9. The van der Waals surface area contributed by atoms with Crippen molar-refractivity contribution in [2.24, 2.45) is 0 Å². The van der Waals surface area contributed by atoms with Crippen LogP contribution in [0.3, 0.4) is 0 Å². The second-order valence-corrected chi connectivity index (χ2v) is 8.96. The van der Waals surface area contributed by atoms with Crippen LogP contribution >= 0.6 is 11.8 Å². The van der Waals surface area contributed by atoms with Crippen LogP contribution in [0.5, 0.6) is 5.75 Å². The topological polar surface area (TPSA) is 79.0 Å². The maximum Gasteiger partial charge on any atom is 0.269 e. The number of thioether (sulfide) groups is 1. The van der Waals surface area contributed by atoms with Crippen molar-refractivity contribution >= 4 is 46.5 Å². The summed E-state index contributed by atoms with van der Waals surface area (Å²) in [4.78, 5) is 41.3. The van der Waals surface area contributed by atoms with Gasteiger partial charge in [-0.05, 0) is 42.5 Å². The molecule has 2 aliphatic heterocycles. The Morgan fingerprint density at radius 2 is 1.76 bits per heavy atom. The van der Waals surface area contributed by atoms with Crippen molar-refractivity contribution in [1.82, 2.24) is 0 Å². The largest absolute Gasteiger partial charge is 0.495 e. The highest BCUT2D eigenvalue weighted by molar-refractivity contribution is 8.02. The van der Waals surface area contributed by atoms with E-state index in [1.54, 1.807) is 48.5 Å². The van der Waals surface area contributed by atoms with Crippen molar-refractivity contribution in [3.63, 3.8) is 0 Å². The second-order valence-electron chi connectivity index (χ2n) is 7.80. The van der Waals surface area contributed by atoms with Gasteiger partial charge in [-0.25, -0.2) is 4.39 Å². The number of fused-ring (bicyclic) bond motifs is 2. The van der Waals surface area contributed by atoms with Crippen molar-refractivity contribution in [3.8, 4) is 5.75 Å². The standard InChI is InChI=1S/C25H20FN3O4S/c1-33-21-9-5-3-7-19(21)27-22(30)14-28-20-8-4-2-6-18(20)25(24(28)32)29(23(31)15-34-25)17-12-10-16(26)11-13-17/h2-13H,14-15H2,1H3,(H,27,30)/t25-/m0/s1. The first-order chi connectivity index (χ1) is 16.5. The number of ether oxygens (including phenoxy) is 1. The van der Waals surface area contributed by atoms with Crippen molar-refractivity contribution in [2.75, 3.05) is 34.5 Å². The van der Waals surface area contributed by atoms with Gasteiger partial charge < -0.3 is 10.1 Å². The monoisotopic (exact) mass is 477 g/mol. The van der Waals surface area contributed by atoms with Crippen LogP contribution in [-0.4, -0.2) is 37.1 Å². The Morgan fingerprint density at radius 1 is 1.06 bits per heavy atom. The predicted octanol–water partition coefficient (Wildman–Crippen LogP) is 3.75. The van der Waals surface area contributed by atoms with Crippen LogP contribution in [-0.2, 0) is 19.3 Å². The molecule has 7 nitrogen and oxygen atoms in total. The molecular formula is C25H20FN3O4S. The predicted molar refractivity (Wildman–Crippen MR) is 128 cm³/mol. The summed E-state index contributed by atoms with van der Waals surface area (Å²) in [5, 5.41) is 2.79. The average molecular weight is 478 g/mol. The van der Waals surface area contributed by atoms with E-state index in [1.807, 2.05) is 0 Å². The van der Waals surface area contributed by atoms with Crippen LogP contribution in [0.15, 0.2) is 72.8 Å². The summed E-state index contributed by atoms with van der Waals surface area (Å²) in [5.41, 5.74) is 2.07. The molecule has 1 atom stereocenters. The third-order valence-corrected chi connectivity index (χ3v) is 7.22. The molecule has 2 aliphatic rings. The molecule has 1 fully saturated rings. The van der Waals surface area contributed by atoms with E-state index in [2.05, 4.69) is 5.32 Å². The minimum Gasteiger partial charge on any atom is -0.495 e. The van der Waals surface area contributed by atoms with Crippen molar-refractivity contribution in [1.29, 1.82) is 0 Å². The van der Waals surface area contributed by atoms with E-state index >= 15 is 0 Å². The molecule has 0 radical (unpaired) electrons. The van der Waals surface area contributed by atoms with Crippen LogP contribution < -0.4 is 19.9 Å². The summed E-state index contributed by atoms with van der Waals surface area (Å²) >= 11 is 1.20. The van der Waals surface area contributed by atoms with Crippen molar-refractivity contribution < 1.29 is 23.5 Å². The molecule has 0 aliphatic carbocycles. The highest BCUT2D eigenvalue weighted by Gasteiger charge is 2.61. The molecule has 5 rings (SSSR count). The highest BCUT2D eigenvalue weighted by Crippen LogP contribution is 2.55. The number of methoxy groups -OCH3 is 1. The molecule has 1 N–H and O–H groups in total. The van der Waals surface area contributed by atoms with Gasteiger partial charge in [0.15, 0.2) is 0 Å². The minimum absolute atomic E-state index is 0.0820. The molecule has 0 bridgehead atoms. The van der Waals surface area contributed by atoms with E-state index in [1.165, 1.54) is 52.9 Å². The van der Waals surface area contributed by atoms with Gasteiger partial charge in [0, 0.05) is 11.3 Å². The number of benzene rings is 3. The number of anilines is 3. The first kappa shape index (κ1) is 22.0. The Morgan fingerprint density at radius 3 is 2.53 bits per heavy atom. The first-order valence-corrected chi connectivity index (χ1v) is 11.5. The third kappa shape index (κ3) is 3.40. The first-order valence-electron chi connectivity index (χ1n) is 10.5. The van der Waals surface area contributed by atoms with Crippen molar-refractivity contribution in [3.05, 3.63) is 84.2 Å². The molecule has 3 amide bonds. The number of hydrogen-bond acceptors (Lipinski definition) is 5. The maximum atomic E-state index is 13.9. The summed E-state index contributed by atoms with van der Waals surface area (Å²) < 4.78 is 18.8. The zero-order valence-electron chi connectivity index (χ0n) is 18.2. The van der Waals surface area contributed by atoms with Crippen LogP contribution in [0, 0.1) is 5.82 Å². The van der Waals surface area contributed by atoms with E-state index in [0.29, 0.717) is 28.4 Å². The van der Waals surface area contributed by atoms with Crippen molar-refractivity contribution in [2.45, 2.75) is 4.87 Å². The number of para-hydroxylation sites is 3. The minimum atomic E-state index is -1.36. The molecule has 2 heterocycles. The average Bonchev–Trinajstić information content (AvgIpc) is 3.31. The summed E-state index contributed by atoms with van der Waals surface area (Å²) in [7, 11) is 1.51. The lowest BCUT2D eigenvalue weighted by atomic mass is 10.0. The van der Waals surface area contributed by atoms with Gasteiger partial charge in [0.05, 0.1) is 24.2 Å². The lowest BCUT2D eigenvalue weighted by Crippen LogP contribution is -2.50. The van der Waals surface area contributed by atoms with Crippen LogP contribution in [0.25, 0.3) is 0 Å². The fraction of sp³-hybridized carbons (Fsp3) is 0.160. The zero-order chi connectivity index (χ0) is 23.9. The number of rotatable bonds is 5. The number of amides is 3. The van der Waals surface area contributed by atoms with Gasteiger partial charge in [0.2, 0.25) is 16.7 Å². The molecule has 1 saturated heterocycles. The van der Waals surface area contributed by atoms with E-state index in [9.17, 15) is 18.8 Å². The van der Waals surface area contributed by atoms with Crippen LogP contribution in [0.4, 0.5) is 21.5 Å². The summed E-state index contributed by atoms with van der Waals surface area (Å²) in [6.07, 6.45) is 0. The number of halogens is 1. The van der Waals surface area contributed by atoms with E-state index < -0.39 is 22.5 Å². The summed E-state index contributed by atoms with van der Waals surface area (Å²) in [6.45, 7) is -0.248. The molecule has 9 heteroatoms. The Hall–Kier alpha value is -3.85. The summed E-state index contributed by atoms with van der Waals surface area (Å²) in [6, 6.07) is 19.6. The van der Waals surface area contributed by atoms with Gasteiger partial charge >= 0.3 is 0 Å². The number of carbonyl (C=O) groups is 3. The molecule has 3 aromatic carbocycles. The Bertz CT molecular complexity index is 1300. The van der Waals surface area contributed by atoms with Gasteiger partial charge in [0.25, 0.3) is 5.91 Å².